The Kier molecular flexibility index (Phi) is 3.71. The van der Waals surface area contributed by atoms with Gasteiger partial charge >= 0.3 is 6.18 Å². The van der Waals surface area contributed by atoms with Crippen molar-refractivity contribution in [3.63, 3.8) is 0 Å². The summed E-state index contributed by atoms with van der Waals surface area (Å²) in [5, 5.41) is 0. The van der Waals surface area contributed by atoms with Crippen LogP contribution in [0.1, 0.15) is 18.9 Å². The van der Waals surface area contributed by atoms with E-state index in [2.05, 4.69) is 4.98 Å². The standard InChI is InChI=1S/C13H17F3N2O/c1-12(7-13(14,15)16)8-18(9-12)6-10-3-4-11(19-2)17-5-10/h3-5H,6-9H2,1-2H3. The molecule has 3 nitrogen and oxygen atoms in total. The number of methoxy groups -OCH3 is 1. The van der Waals surface area contributed by atoms with E-state index < -0.39 is 18.0 Å². The Bertz CT molecular complexity index is 425. The molecule has 1 aliphatic rings. The third-order valence-corrected chi connectivity index (χ3v) is 3.25. The molecule has 2 rings (SSSR count). The Morgan fingerprint density at radius 1 is 1.37 bits per heavy atom. The van der Waals surface area contributed by atoms with Gasteiger partial charge in [0.05, 0.1) is 13.5 Å². The zero-order valence-electron chi connectivity index (χ0n) is 11.0. The Morgan fingerprint density at radius 3 is 2.53 bits per heavy atom. The van der Waals surface area contributed by atoms with Gasteiger partial charge in [0.15, 0.2) is 0 Å². The van der Waals surface area contributed by atoms with Gasteiger partial charge < -0.3 is 4.74 Å². The van der Waals surface area contributed by atoms with Crippen LogP contribution in [0.4, 0.5) is 13.2 Å². The molecular formula is C13H17F3N2O. The lowest BCUT2D eigenvalue weighted by Gasteiger charge is -2.48. The summed E-state index contributed by atoms with van der Waals surface area (Å²) in [5.74, 6) is 0.536. The number of pyridine rings is 1. The monoisotopic (exact) mass is 274 g/mol. The SMILES string of the molecule is COc1ccc(CN2CC(C)(CC(F)(F)F)C2)cn1. The maximum atomic E-state index is 12.4. The highest BCUT2D eigenvalue weighted by molar-refractivity contribution is 5.18. The second kappa shape index (κ2) is 5.00. The summed E-state index contributed by atoms with van der Waals surface area (Å²) in [7, 11) is 1.54. The molecule has 0 bridgehead atoms. The van der Waals surface area contributed by atoms with Gasteiger partial charge in [0.2, 0.25) is 5.88 Å². The van der Waals surface area contributed by atoms with E-state index in [0.717, 1.165) is 5.56 Å². The van der Waals surface area contributed by atoms with Crippen LogP contribution in [-0.4, -0.2) is 36.3 Å². The number of likely N-dealkylation sites (tertiary alicyclic amines) is 1. The molecular weight excluding hydrogens is 257 g/mol. The number of hydrogen-bond acceptors (Lipinski definition) is 3. The van der Waals surface area contributed by atoms with Crippen LogP contribution in [0.15, 0.2) is 18.3 Å². The van der Waals surface area contributed by atoms with Gasteiger partial charge in [0, 0.05) is 37.3 Å². The van der Waals surface area contributed by atoms with Gasteiger partial charge in [0.1, 0.15) is 0 Å². The molecule has 1 saturated heterocycles. The topological polar surface area (TPSA) is 25.4 Å². The summed E-state index contributed by atoms with van der Waals surface area (Å²) < 4.78 is 42.1. The van der Waals surface area contributed by atoms with Crippen molar-refractivity contribution in [1.29, 1.82) is 0 Å². The molecule has 19 heavy (non-hydrogen) atoms. The van der Waals surface area contributed by atoms with Crippen molar-refractivity contribution in [2.24, 2.45) is 5.41 Å². The summed E-state index contributed by atoms with van der Waals surface area (Å²) in [6, 6.07) is 3.63. The highest BCUT2D eigenvalue weighted by Crippen LogP contribution is 2.40. The third kappa shape index (κ3) is 3.83. The predicted octanol–water partition coefficient (Wildman–Crippen LogP) is 2.86. The van der Waals surface area contributed by atoms with Crippen LogP contribution in [-0.2, 0) is 6.54 Å². The van der Waals surface area contributed by atoms with Crippen molar-refractivity contribution in [2.75, 3.05) is 20.2 Å². The smallest absolute Gasteiger partial charge is 0.389 e. The van der Waals surface area contributed by atoms with Crippen LogP contribution in [0.3, 0.4) is 0 Å². The predicted molar refractivity (Wildman–Crippen MR) is 64.8 cm³/mol. The Morgan fingerprint density at radius 2 is 2.05 bits per heavy atom. The lowest BCUT2D eigenvalue weighted by atomic mass is 9.78. The van der Waals surface area contributed by atoms with Gasteiger partial charge in [0.25, 0.3) is 0 Å². The number of hydrogen-bond donors (Lipinski definition) is 0. The highest BCUT2D eigenvalue weighted by Gasteiger charge is 2.46. The molecule has 0 unspecified atom stereocenters. The molecule has 1 aromatic rings. The maximum absolute atomic E-state index is 12.4. The summed E-state index contributed by atoms with van der Waals surface area (Å²) >= 11 is 0. The fourth-order valence-electron chi connectivity index (χ4n) is 2.62. The van der Waals surface area contributed by atoms with E-state index in [1.807, 2.05) is 11.0 Å². The van der Waals surface area contributed by atoms with E-state index in [1.165, 1.54) is 0 Å². The number of rotatable bonds is 4. The number of aromatic nitrogens is 1. The average molecular weight is 274 g/mol. The minimum atomic E-state index is -4.08. The molecule has 1 fully saturated rings. The molecule has 0 saturated carbocycles. The van der Waals surface area contributed by atoms with Crippen molar-refractivity contribution in [1.82, 2.24) is 9.88 Å². The first-order valence-corrected chi connectivity index (χ1v) is 6.08. The first-order chi connectivity index (χ1) is 8.80. The fraction of sp³-hybridized carbons (Fsp3) is 0.615. The molecule has 0 spiro atoms. The molecule has 0 atom stereocenters. The van der Waals surface area contributed by atoms with Gasteiger partial charge in [-0.2, -0.15) is 13.2 Å². The van der Waals surface area contributed by atoms with Gasteiger partial charge in [-0.3, -0.25) is 4.90 Å². The van der Waals surface area contributed by atoms with Crippen LogP contribution in [0, 0.1) is 5.41 Å². The molecule has 6 heteroatoms. The zero-order chi connectivity index (χ0) is 14.1. The van der Waals surface area contributed by atoms with E-state index in [9.17, 15) is 13.2 Å². The number of alkyl halides is 3. The molecule has 0 aromatic carbocycles. The molecule has 0 aliphatic carbocycles. The van der Waals surface area contributed by atoms with Crippen molar-refractivity contribution < 1.29 is 17.9 Å². The van der Waals surface area contributed by atoms with Gasteiger partial charge in [-0.25, -0.2) is 4.98 Å². The van der Waals surface area contributed by atoms with Crippen molar-refractivity contribution in [2.45, 2.75) is 26.1 Å². The summed E-state index contributed by atoms with van der Waals surface area (Å²) in [5.41, 5.74) is 0.341. The molecule has 106 valence electrons. The normalized spacial score (nSPS) is 19.0. The quantitative estimate of drug-likeness (QED) is 0.844. The molecule has 0 radical (unpaired) electrons. The van der Waals surface area contributed by atoms with Gasteiger partial charge in [-0.05, 0) is 5.56 Å². The van der Waals surface area contributed by atoms with Crippen LogP contribution in [0.25, 0.3) is 0 Å². The lowest BCUT2D eigenvalue weighted by Crippen LogP contribution is -2.55. The Balaban J connectivity index is 1.84. The van der Waals surface area contributed by atoms with E-state index in [-0.39, 0.29) is 0 Å². The molecule has 2 heterocycles. The third-order valence-electron chi connectivity index (χ3n) is 3.25. The number of nitrogens with zero attached hydrogens (tertiary/aromatic N) is 2. The van der Waals surface area contributed by atoms with Crippen LogP contribution in [0.5, 0.6) is 5.88 Å². The lowest BCUT2D eigenvalue weighted by molar-refractivity contribution is -0.177. The molecule has 0 N–H and O–H groups in total. The minimum Gasteiger partial charge on any atom is -0.481 e. The maximum Gasteiger partial charge on any atom is 0.389 e. The Labute approximate surface area is 110 Å². The largest absolute Gasteiger partial charge is 0.481 e. The van der Waals surface area contributed by atoms with Crippen LogP contribution >= 0.6 is 0 Å². The summed E-state index contributed by atoms with van der Waals surface area (Å²) in [6.07, 6.45) is -3.10. The fourth-order valence-corrected chi connectivity index (χ4v) is 2.62. The van der Waals surface area contributed by atoms with E-state index in [0.29, 0.717) is 25.5 Å². The molecule has 1 aliphatic heterocycles. The first-order valence-electron chi connectivity index (χ1n) is 6.08. The molecule has 1 aromatic heterocycles. The van der Waals surface area contributed by atoms with Crippen LogP contribution in [0.2, 0.25) is 0 Å². The summed E-state index contributed by atoms with van der Waals surface area (Å²) in [4.78, 5) is 6.07. The average Bonchev–Trinajstić information content (AvgIpc) is 2.25. The summed E-state index contributed by atoms with van der Waals surface area (Å²) in [6.45, 7) is 3.25. The van der Waals surface area contributed by atoms with E-state index in [1.54, 1.807) is 26.3 Å². The van der Waals surface area contributed by atoms with Crippen molar-refractivity contribution >= 4 is 0 Å². The van der Waals surface area contributed by atoms with Crippen molar-refractivity contribution in [3.8, 4) is 5.88 Å². The van der Waals surface area contributed by atoms with E-state index in [4.69, 9.17) is 4.74 Å². The minimum absolute atomic E-state index is 0.471. The highest BCUT2D eigenvalue weighted by atomic mass is 19.4. The Hall–Kier alpha value is -1.30. The van der Waals surface area contributed by atoms with Gasteiger partial charge in [-0.1, -0.05) is 13.0 Å². The second-order valence-corrected chi connectivity index (χ2v) is 5.46. The van der Waals surface area contributed by atoms with E-state index >= 15 is 0 Å². The van der Waals surface area contributed by atoms with Crippen LogP contribution < -0.4 is 4.74 Å². The van der Waals surface area contributed by atoms with Crippen molar-refractivity contribution in [3.05, 3.63) is 23.9 Å². The number of ether oxygens (including phenoxy) is 1. The second-order valence-electron chi connectivity index (χ2n) is 5.46. The van der Waals surface area contributed by atoms with Gasteiger partial charge in [-0.15, -0.1) is 0 Å². The zero-order valence-corrected chi connectivity index (χ0v) is 11.0. The molecule has 0 amide bonds. The first kappa shape index (κ1) is 14.1. The number of halogens is 3.